The van der Waals surface area contributed by atoms with Crippen molar-refractivity contribution in [2.75, 3.05) is 19.7 Å². The molecule has 2 rings (SSSR count). The summed E-state index contributed by atoms with van der Waals surface area (Å²) in [5.41, 5.74) is 6.11. The van der Waals surface area contributed by atoms with Crippen LogP contribution in [0.15, 0.2) is 0 Å². The molecule has 0 aromatic carbocycles. The maximum absolute atomic E-state index is 6.11. The average molecular weight is 226 g/mol. The summed E-state index contributed by atoms with van der Waals surface area (Å²) in [6, 6.07) is 1.04. The van der Waals surface area contributed by atoms with E-state index in [0.717, 1.165) is 26.1 Å². The maximum atomic E-state index is 6.11. The molecule has 1 heterocycles. The Morgan fingerprint density at radius 1 is 1.38 bits per heavy atom. The largest absolute Gasteiger partial charge is 0.375 e. The number of hydrogen-bond acceptors (Lipinski definition) is 3. The molecule has 3 unspecified atom stereocenters. The molecule has 1 aliphatic carbocycles. The van der Waals surface area contributed by atoms with Gasteiger partial charge in [0.2, 0.25) is 0 Å². The molecule has 16 heavy (non-hydrogen) atoms. The van der Waals surface area contributed by atoms with E-state index in [1.54, 1.807) is 0 Å². The van der Waals surface area contributed by atoms with E-state index >= 15 is 0 Å². The zero-order valence-electron chi connectivity index (χ0n) is 10.7. The lowest BCUT2D eigenvalue weighted by Gasteiger charge is -2.38. The fraction of sp³-hybridized carbons (Fsp3) is 1.00. The first kappa shape index (κ1) is 12.3. The first-order chi connectivity index (χ1) is 7.68. The Kier molecular flexibility index (Phi) is 4.22. The van der Waals surface area contributed by atoms with E-state index in [1.807, 2.05) is 0 Å². The van der Waals surface area contributed by atoms with Crippen LogP contribution in [0, 0.1) is 5.92 Å². The van der Waals surface area contributed by atoms with E-state index in [4.69, 9.17) is 10.5 Å². The van der Waals surface area contributed by atoms with E-state index in [0.29, 0.717) is 24.1 Å². The topological polar surface area (TPSA) is 38.5 Å². The predicted molar refractivity (Wildman–Crippen MR) is 66.4 cm³/mol. The summed E-state index contributed by atoms with van der Waals surface area (Å²) in [5, 5.41) is 0. The number of fused-ring (bicyclic) bond motifs is 1. The molecule has 3 nitrogen and oxygen atoms in total. The van der Waals surface area contributed by atoms with Crippen LogP contribution in [0.5, 0.6) is 0 Å². The first-order valence-electron chi connectivity index (χ1n) is 6.79. The van der Waals surface area contributed by atoms with Crippen LogP contribution in [0.3, 0.4) is 0 Å². The monoisotopic (exact) mass is 226 g/mol. The molecule has 1 saturated carbocycles. The lowest BCUT2D eigenvalue weighted by molar-refractivity contribution is -0.0564. The zero-order chi connectivity index (χ0) is 11.5. The van der Waals surface area contributed by atoms with Crippen molar-refractivity contribution in [3.63, 3.8) is 0 Å². The molecular weight excluding hydrogens is 200 g/mol. The smallest absolute Gasteiger partial charge is 0.0730 e. The highest BCUT2D eigenvalue weighted by molar-refractivity contribution is 4.89. The lowest BCUT2D eigenvalue weighted by Crippen LogP contribution is -2.49. The number of ether oxygens (including phenoxy) is 1. The van der Waals surface area contributed by atoms with Crippen molar-refractivity contribution < 1.29 is 4.74 Å². The first-order valence-corrected chi connectivity index (χ1v) is 6.79. The molecule has 3 heteroatoms. The lowest BCUT2D eigenvalue weighted by atomic mass is 10.0. The van der Waals surface area contributed by atoms with Crippen molar-refractivity contribution >= 4 is 0 Å². The van der Waals surface area contributed by atoms with Crippen LogP contribution in [-0.4, -0.2) is 42.8 Å². The van der Waals surface area contributed by atoms with Gasteiger partial charge in [0.1, 0.15) is 0 Å². The molecule has 0 spiro atoms. The second-order valence-electron chi connectivity index (χ2n) is 5.64. The fourth-order valence-corrected chi connectivity index (χ4v) is 2.93. The minimum absolute atomic E-state index is 0.350. The Labute approximate surface area is 99.3 Å². The van der Waals surface area contributed by atoms with Gasteiger partial charge in [-0.05, 0) is 31.6 Å². The van der Waals surface area contributed by atoms with Gasteiger partial charge in [0.25, 0.3) is 0 Å². The molecule has 1 aliphatic heterocycles. The summed E-state index contributed by atoms with van der Waals surface area (Å²) >= 11 is 0. The van der Waals surface area contributed by atoms with Crippen molar-refractivity contribution in [3.05, 3.63) is 0 Å². The summed E-state index contributed by atoms with van der Waals surface area (Å²) < 4.78 is 5.81. The van der Waals surface area contributed by atoms with Crippen LogP contribution in [0.4, 0.5) is 0 Å². The Hall–Kier alpha value is -0.120. The van der Waals surface area contributed by atoms with Crippen molar-refractivity contribution in [3.8, 4) is 0 Å². The minimum Gasteiger partial charge on any atom is -0.375 e. The minimum atomic E-state index is 0.350. The molecule has 0 radical (unpaired) electrons. The van der Waals surface area contributed by atoms with Crippen molar-refractivity contribution in [1.29, 1.82) is 0 Å². The summed E-state index contributed by atoms with van der Waals surface area (Å²) in [6.07, 6.45) is 5.56. The highest BCUT2D eigenvalue weighted by Crippen LogP contribution is 2.29. The van der Waals surface area contributed by atoms with Crippen LogP contribution in [0.1, 0.15) is 39.5 Å². The van der Waals surface area contributed by atoms with Gasteiger partial charge in [-0.15, -0.1) is 0 Å². The molecule has 2 fully saturated rings. The van der Waals surface area contributed by atoms with Gasteiger partial charge < -0.3 is 10.5 Å². The van der Waals surface area contributed by atoms with E-state index in [-0.39, 0.29) is 0 Å². The number of morpholine rings is 1. The molecule has 0 aromatic heterocycles. The zero-order valence-corrected chi connectivity index (χ0v) is 10.7. The van der Waals surface area contributed by atoms with Crippen molar-refractivity contribution in [1.82, 2.24) is 4.90 Å². The quantitative estimate of drug-likeness (QED) is 0.791. The van der Waals surface area contributed by atoms with Gasteiger partial charge in [0.05, 0.1) is 12.7 Å². The highest BCUT2D eigenvalue weighted by atomic mass is 16.5. The summed E-state index contributed by atoms with van der Waals surface area (Å²) in [5.74, 6) is 0.598. The third kappa shape index (κ3) is 2.76. The second kappa shape index (κ2) is 5.48. The SMILES string of the molecule is CC(C)C(N)CCN1CCOC2CCCC21. The van der Waals surface area contributed by atoms with Gasteiger partial charge in [-0.3, -0.25) is 4.90 Å². The van der Waals surface area contributed by atoms with Crippen LogP contribution in [0.25, 0.3) is 0 Å². The average Bonchev–Trinajstić information content (AvgIpc) is 2.73. The Bertz CT molecular complexity index is 220. The maximum Gasteiger partial charge on any atom is 0.0730 e. The predicted octanol–water partition coefficient (Wildman–Crippen LogP) is 1.61. The van der Waals surface area contributed by atoms with Gasteiger partial charge in [-0.1, -0.05) is 13.8 Å². The van der Waals surface area contributed by atoms with E-state index in [9.17, 15) is 0 Å². The normalized spacial score (nSPS) is 33.0. The fourth-order valence-electron chi connectivity index (χ4n) is 2.93. The highest BCUT2D eigenvalue weighted by Gasteiger charge is 2.35. The van der Waals surface area contributed by atoms with Gasteiger partial charge >= 0.3 is 0 Å². The molecule has 94 valence electrons. The van der Waals surface area contributed by atoms with Crippen LogP contribution >= 0.6 is 0 Å². The Balaban J connectivity index is 1.80. The Morgan fingerprint density at radius 3 is 2.94 bits per heavy atom. The summed E-state index contributed by atoms with van der Waals surface area (Å²) in [7, 11) is 0. The molecule has 2 N–H and O–H groups in total. The van der Waals surface area contributed by atoms with Crippen molar-refractivity contribution in [2.24, 2.45) is 11.7 Å². The van der Waals surface area contributed by atoms with Crippen LogP contribution < -0.4 is 5.73 Å². The van der Waals surface area contributed by atoms with Crippen molar-refractivity contribution in [2.45, 2.75) is 57.7 Å². The van der Waals surface area contributed by atoms with E-state index < -0.39 is 0 Å². The molecule has 3 atom stereocenters. The molecule has 1 saturated heterocycles. The molecular formula is C13H26N2O. The van der Waals surface area contributed by atoms with Crippen LogP contribution in [-0.2, 0) is 4.74 Å². The molecule has 0 aromatic rings. The standard InChI is InChI=1S/C13H26N2O/c1-10(2)11(14)6-7-15-8-9-16-13-5-3-4-12(13)15/h10-13H,3-9,14H2,1-2H3. The summed E-state index contributed by atoms with van der Waals surface area (Å²) in [4.78, 5) is 2.61. The van der Waals surface area contributed by atoms with Gasteiger partial charge in [-0.2, -0.15) is 0 Å². The molecule has 2 aliphatic rings. The molecule has 0 bridgehead atoms. The van der Waals surface area contributed by atoms with Gasteiger partial charge in [0, 0.05) is 25.2 Å². The third-order valence-corrected chi connectivity index (χ3v) is 4.20. The number of rotatable bonds is 4. The number of nitrogens with zero attached hydrogens (tertiary/aromatic N) is 1. The van der Waals surface area contributed by atoms with Crippen LogP contribution in [0.2, 0.25) is 0 Å². The number of nitrogens with two attached hydrogens (primary N) is 1. The second-order valence-corrected chi connectivity index (χ2v) is 5.64. The number of hydrogen-bond donors (Lipinski definition) is 1. The van der Waals surface area contributed by atoms with E-state index in [1.165, 1.54) is 19.3 Å². The molecule has 0 amide bonds. The van der Waals surface area contributed by atoms with Gasteiger partial charge in [0.15, 0.2) is 0 Å². The Morgan fingerprint density at radius 2 is 2.19 bits per heavy atom. The van der Waals surface area contributed by atoms with Gasteiger partial charge in [-0.25, -0.2) is 0 Å². The third-order valence-electron chi connectivity index (χ3n) is 4.20. The van der Waals surface area contributed by atoms with E-state index in [2.05, 4.69) is 18.7 Å². The summed E-state index contributed by atoms with van der Waals surface area (Å²) in [6.45, 7) is 7.60.